The van der Waals surface area contributed by atoms with Gasteiger partial charge in [-0.2, -0.15) is 0 Å². The predicted octanol–water partition coefficient (Wildman–Crippen LogP) is 1.99. The Morgan fingerprint density at radius 3 is 2.50 bits per heavy atom. The zero-order valence-electron chi connectivity index (χ0n) is 12.5. The minimum Gasteiger partial charge on any atom is -0.448 e. The Labute approximate surface area is 135 Å². The minimum absolute atomic E-state index is 0.123. The highest BCUT2D eigenvalue weighted by Gasteiger charge is 2.36. The Balaban J connectivity index is 1.97. The fourth-order valence-corrected chi connectivity index (χ4v) is 3.61. The zero-order valence-corrected chi connectivity index (χ0v) is 14.1. The van der Waals surface area contributed by atoms with Gasteiger partial charge in [-0.3, -0.25) is 4.90 Å². The van der Waals surface area contributed by atoms with Crippen LogP contribution in [0.25, 0.3) is 0 Å². The molecule has 2 rings (SSSR count). The summed E-state index contributed by atoms with van der Waals surface area (Å²) in [6, 6.07) is 6.64. The fraction of sp³-hybridized carbons (Fsp3) is 0.500. The standard InChI is InChI=1S/C14H19ClN2O4S/c1-14(2,17-7-8-21-13(17)18)10-16-22(19,20)9-11-3-5-12(15)6-4-11/h3-6,16H,7-10H2,1-2H3. The van der Waals surface area contributed by atoms with Crippen LogP contribution in [0.3, 0.4) is 0 Å². The number of carbonyl (C=O) groups is 1. The summed E-state index contributed by atoms with van der Waals surface area (Å²) < 4.78 is 31.7. The zero-order chi connectivity index (χ0) is 16.4. The van der Waals surface area contributed by atoms with Crippen LogP contribution in [-0.2, 0) is 20.5 Å². The van der Waals surface area contributed by atoms with Gasteiger partial charge in [-0.15, -0.1) is 0 Å². The molecule has 1 aromatic rings. The van der Waals surface area contributed by atoms with Gasteiger partial charge in [-0.25, -0.2) is 17.9 Å². The second-order valence-corrected chi connectivity index (χ2v) is 8.03. The molecule has 0 bridgehead atoms. The Kier molecular flexibility index (Phi) is 4.99. The number of sulfonamides is 1. The lowest BCUT2D eigenvalue weighted by Gasteiger charge is -2.33. The van der Waals surface area contributed by atoms with Gasteiger partial charge in [0.2, 0.25) is 10.0 Å². The lowest BCUT2D eigenvalue weighted by atomic mass is 10.0. The van der Waals surface area contributed by atoms with Crippen LogP contribution < -0.4 is 4.72 Å². The molecule has 0 aliphatic carbocycles. The number of carbonyl (C=O) groups excluding carboxylic acids is 1. The van der Waals surface area contributed by atoms with Crippen molar-refractivity contribution in [2.24, 2.45) is 0 Å². The van der Waals surface area contributed by atoms with Crippen molar-refractivity contribution < 1.29 is 17.9 Å². The largest absolute Gasteiger partial charge is 0.448 e. The minimum atomic E-state index is -3.50. The van der Waals surface area contributed by atoms with Crippen molar-refractivity contribution in [1.29, 1.82) is 0 Å². The first-order valence-electron chi connectivity index (χ1n) is 6.86. The summed E-state index contributed by atoms with van der Waals surface area (Å²) >= 11 is 5.78. The second kappa shape index (κ2) is 6.44. The van der Waals surface area contributed by atoms with Gasteiger partial charge in [0.05, 0.1) is 17.8 Å². The van der Waals surface area contributed by atoms with Gasteiger partial charge in [0, 0.05) is 11.6 Å². The van der Waals surface area contributed by atoms with Crippen molar-refractivity contribution in [2.45, 2.75) is 25.1 Å². The summed E-state index contributed by atoms with van der Waals surface area (Å²) in [7, 11) is -3.50. The summed E-state index contributed by atoms with van der Waals surface area (Å²) in [4.78, 5) is 13.1. The first-order valence-corrected chi connectivity index (χ1v) is 8.89. The summed E-state index contributed by atoms with van der Waals surface area (Å²) in [6.45, 7) is 4.51. The number of hydrogen-bond donors (Lipinski definition) is 1. The first-order chi connectivity index (χ1) is 10.2. The van der Waals surface area contributed by atoms with E-state index in [1.165, 1.54) is 4.90 Å². The van der Waals surface area contributed by atoms with Gasteiger partial charge in [0.25, 0.3) is 0 Å². The van der Waals surface area contributed by atoms with E-state index >= 15 is 0 Å². The molecule has 1 heterocycles. The van der Waals surface area contributed by atoms with E-state index in [4.69, 9.17) is 16.3 Å². The van der Waals surface area contributed by atoms with Crippen molar-refractivity contribution in [3.05, 3.63) is 34.9 Å². The number of rotatable bonds is 6. The quantitative estimate of drug-likeness (QED) is 0.854. The molecule has 1 aliphatic heterocycles. The molecular formula is C14H19ClN2O4S. The average Bonchev–Trinajstić information content (AvgIpc) is 2.86. The third-order valence-corrected chi connectivity index (χ3v) is 5.04. The molecule has 0 spiro atoms. The van der Waals surface area contributed by atoms with Crippen LogP contribution in [0.15, 0.2) is 24.3 Å². The van der Waals surface area contributed by atoms with E-state index in [-0.39, 0.29) is 12.3 Å². The summed E-state index contributed by atoms with van der Waals surface area (Å²) in [5.41, 5.74) is -0.00372. The Hall–Kier alpha value is -1.31. The lowest BCUT2D eigenvalue weighted by molar-refractivity contribution is 0.127. The van der Waals surface area contributed by atoms with E-state index in [9.17, 15) is 13.2 Å². The third-order valence-electron chi connectivity index (χ3n) is 3.49. The monoisotopic (exact) mass is 346 g/mol. The van der Waals surface area contributed by atoms with Crippen molar-refractivity contribution in [3.8, 4) is 0 Å². The maximum absolute atomic E-state index is 12.1. The number of amides is 1. The topological polar surface area (TPSA) is 75.7 Å². The van der Waals surface area contributed by atoms with Gasteiger partial charge in [-0.05, 0) is 31.5 Å². The molecule has 1 fully saturated rings. The van der Waals surface area contributed by atoms with E-state index in [0.717, 1.165) is 0 Å². The number of hydrogen-bond acceptors (Lipinski definition) is 4. The van der Waals surface area contributed by atoms with Crippen LogP contribution in [0, 0.1) is 0 Å². The van der Waals surface area contributed by atoms with Gasteiger partial charge in [0.15, 0.2) is 0 Å². The summed E-state index contributed by atoms with van der Waals surface area (Å²) in [5.74, 6) is -0.134. The Bertz CT molecular complexity index is 643. The number of nitrogens with zero attached hydrogens (tertiary/aromatic N) is 1. The van der Waals surface area contributed by atoms with Crippen molar-refractivity contribution in [1.82, 2.24) is 9.62 Å². The smallest absolute Gasteiger partial charge is 0.410 e. The summed E-state index contributed by atoms with van der Waals surface area (Å²) in [6.07, 6.45) is -0.415. The van der Waals surface area contributed by atoms with Crippen molar-refractivity contribution >= 4 is 27.7 Å². The highest BCUT2D eigenvalue weighted by atomic mass is 35.5. The molecular weight excluding hydrogens is 328 g/mol. The maximum atomic E-state index is 12.1. The van der Waals surface area contributed by atoms with Gasteiger partial charge in [-0.1, -0.05) is 23.7 Å². The van der Waals surface area contributed by atoms with Crippen molar-refractivity contribution in [2.75, 3.05) is 19.7 Å². The van der Waals surface area contributed by atoms with E-state index < -0.39 is 21.7 Å². The molecule has 0 unspecified atom stereocenters. The van der Waals surface area contributed by atoms with Gasteiger partial charge < -0.3 is 4.74 Å². The van der Waals surface area contributed by atoms with Gasteiger partial charge >= 0.3 is 6.09 Å². The molecule has 6 nitrogen and oxygen atoms in total. The SMILES string of the molecule is CC(C)(CNS(=O)(=O)Cc1ccc(Cl)cc1)N1CCOC1=O. The molecule has 1 amide bonds. The molecule has 0 atom stereocenters. The Morgan fingerprint density at radius 2 is 1.95 bits per heavy atom. The number of cyclic esters (lactones) is 1. The van der Waals surface area contributed by atoms with E-state index in [1.807, 2.05) is 0 Å². The molecule has 8 heteroatoms. The van der Waals surface area contributed by atoms with E-state index in [2.05, 4.69) is 4.72 Å². The van der Waals surface area contributed by atoms with Crippen LogP contribution >= 0.6 is 11.6 Å². The average molecular weight is 347 g/mol. The van der Waals surface area contributed by atoms with Crippen LogP contribution in [0.4, 0.5) is 4.79 Å². The highest BCUT2D eigenvalue weighted by molar-refractivity contribution is 7.88. The van der Waals surface area contributed by atoms with E-state index in [0.29, 0.717) is 23.7 Å². The maximum Gasteiger partial charge on any atom is 0.410 e. The molecule has 0 aromatic heterocycles. The van der Waals surface area contributed by atoms with Crippen LogP contribution in [0.2, 0.25) is 5.02 Å². The van der Waals surface area contributed by atoms with E-state index in [1.54, 1.807) is 38.1 Å². The van der Waals surface area contributed by atoms with Gasteiger partial charge in [0.1, 0.15) is 6.61 Å². The van der Waals surface area contributed by atoms with Crippen LogP contribution in [0.1, 0.15) is 19.4 Å². The molecule has 1 N–H and O–H groups in total. The molecule has 1 saturated heterocycles. The Morgan fingerprint density at radius 1 is 1.32 bits per heavy atom. The molecule has 1 aromatic carbocycles. The molecule has 122 valence electrons. The number of ether oxygens (including phenoxy) is 1. The number of halogens is 1. The summed E-state index contributed by atoms with van der Waals surface area (Å²) in [5, 5.41) is 0.558. The van der Waals surface area contributed by atoms with Crippen molar-refractivity contribution in [3.63, 3.8) is 0 Å². The molecule has 22 heavy (non-hydrogen) atoms. The normalized spacial score (nSPS) is 16.0. The lowest BCUT2D eigenvalue weighted by Crippen LogP contribution is -2.52. The third kappa shape index (κ3) is 4.34. The molecule has 0 saturated carbocycles. The number of nitrogens with one attached hydrogen (secondary N) is 1. The fourth-order valence-electron chi connectivity index (χ4n) is 2.18. The number of benzene rings is 1. The van der Waals surface area contributed by atoms with Crippen LogP contribution in [0.5, 0.6) is 0 Å². The predicted molar refractivity (Wildman–Crippen MR) is 84.2 cm³/mol. The van der Waals surface area contributed by atoms with Crippen LogP contribution in [-0.4, -0.2) is 44.6 Å². The molecule has 0 radical (unpaired) electrons. The molecule has 1 aliphatic rings. The highest BCUT2D eigenvalue weighted by Crippen LogP contribution is 2.19. The second-order valence-electron chi connectivity index (χ2n) is 5.79. The first kappa shape index (κ1) is 17.1.